The first-order chi connectivity index (χ1) is 16.5. The van der Waals surface area contributed by atoms with Crippen LogP contribution < -0.4 is 15.8 Å². The molecule has 0 fully saturated rings. The van der Waals surface area contributed by atoms with Gasteiger partial charge in [0.15, 0.2) is 0 Å². The van der Waals surface area contributed by atoms with E-state index in [0.717, 1.165) is 29.2 Å². The van der Waals surface area contributed by atoms with E-state index in [1.807, 2.05) is 19.2 Å². The smallest absolute Gasteiger partial charge is 0.129 e. The van der Waals surface area contributed by atoms with E-state index in [2.05, 4.69) is 51.8 Å². The number of aromatic amines is 2. The van der Waals surface area contributed by atoms with E-state index < -0.39 is 0 Å². The van der Waals surface area contributed by atoms with Gasteiger partial charge in [-0.2, -0.15) is 5.10 Å². The van der Waals surface area contributed by atoms with Crippen molar-refractivity contribution >= 4 is 12.2 Å². The summed E-state index contributed by atoms with van der Waals surface area (Å²) in [6.07, 6.45) is 19.5. The highest BCUT2D eigenvalue weighted by Crippen LogP contribution is 2.23. The molecule has 0 unspecified atom stereocenters. The summed E-state index contributed by atoms with van der Waals surface area (Å²) >= 11 is 0. The van der Waals surface area contributed by atoms with Gasteiger partial charge in [-0.25, -0.2) is 9.37 Å². The number of nitrogens with one attached hydrogen (secondary N) is 3. The maximum Gasteiger partial charge on any atom is 0.129 e. The lowest BCUT2D eigenvalue weighted by Crippen LogP contribution is -2.06. The molecule has 0 aliphatic carbocycles. The molecule has 0 aliphatic rings. The average Bonchev–Trinajstić information content (AvgIpc) is 3.55. The zero-order valence-electron chi connectivity index (χ0n) is 20.6. The van der Waals surface area contributed by atoms with E-state index in [9.17, 15) is 4.39 Å². The van der Waals surface area contributed by atoms with Gasteiger partial charge in [0, 0.05) is 17.7 Å². The van der Waals surface area contributed by atoms with Gasteiger partial charge < -0.3 is 20.8 Å². The first kappa shape index (κ1) is 30.3. The van der Waals surface area contributed by atoms with Gasteiger partial charge in [-0.15, -0.1) is 12.8 Å². The number of imidazole rings is 1. The van der Waals surface area contributed by atoms with E-state index >= 15 is 0 Å². The topological polar surface area (TPSA) is 105 Å². The Hall–Kier alpha value is -3.67. The predicted octanol–water partition coefficient (Wildman–Crippen LogP) is 4.81. The molecule has 0 bridgehead atoms. The van der Waals surface area contributed by atoms with Gasteiger partial charge in [0.25, 0.3) is 0 Å². The van der Waals surface area contributed by atoms with Crippen LogP contribution in [0.1, 0.15) is 36.6 Å². The van der Waals surface area contributed by atoms with Crippen molar-refractivity contribution < 1.29 is 9.13 Å². The minimum Gasteiger partial charge on any atom is -0.496 e. The normalized spacial score (nSPS) is 9.65. The maximum absolute atomic E-state index is 12.7. The van der Waals surface area contributed by atoms with Gasteiger partial charge in [-0.3, -0.25) is 5.10 Å². The first-order valence-electron chi connectivity index (χ1n) is 10.9. The fraction of sp³-hybridized carbons (Fsp3) is 0.308. The summed E-state index contributed by atoms with van der Waals surface area (Å²) in [5.74, 6) is 0.374. The second-order valence-electron chi connectivity index (χ2n) is 6.73. The molecule has 3 rings (SSSR count). The Morgan fingerprint density at radius 2 is 2.06 bits per heavy atom. The van der Waals surface area contributed by atoms with Crippen molar-refractivity contribution in [3.63, 3.8) is 0 Å². The first-order valence-corrected chi connectivity index (χ1v) is 10.9. The number of halogens is 1. The number of aromatic nitrogens is 4. The number of nitrogens with two attached hydrogens (primary N) is 1. The molecular formula is C26H37FN6O. The van der Waals surface area contributed by atoms with Crippen LogP contribution in [0.3, 0.4) is 0 Å². The molecule has 2 aromatic heterocycles. The van der Waals surface area contributed by atoms with Gasteiger partial charge in [-0.1, -0.05) is 38.1 Å². The van der Waals surface area contributed by atoms with Crippen LogP contribution in [-0.2, 0) is 0 Å². The van der Waals surface area contributed by atoms with Crippen LogP contribution in [0.2, 0.25) is 0 Å². The van der Waals surface area contributed by atoms with Crippen molar-refractivity contribution in [1.29, 1.82) is 0 Å². The molecule has 34 heavy (non-hydrogen) atoms. The van der Waals surface area contributed by atoms with E-state index in [-0.39, 0.29) is 5.82 Å². The minimum absolute atomic E-state index is 0.223. The number of methoxy groups -OCH3 is 1. The van der Waals surface area contributed by atoms with Crippen LogP contribution in [0.15, 0.2) is 43.4 Å². The Morgan fingerprint density at radius 1 is 1.32 bits per heavy atom. The molecule has 184 valence electrons. The number of terminal acetylenes is 1. The summed E-state index contributed by atoms with van der Waals surface area (Å²) in [6.45, 7) is 9.27. The summed E-state index contributed by atoms with van der Waals surface area (Å²) in [4.78, 5) is 6.99. The second kappa shape index (κ2) is 18.9. The number of nitrogens with zero attached hydrogens (tertiary/aromatic N) is 2. The number of unbranched alkanes of at least 4 members (excludes halogenated alkanes) is 1. The molecule has 0 atom stereocenters. The lowest BCUT2D eigenvalue weighted by atomic mass is 10.1. The van der Waals surface area contributed by atoms with Crippen molar-refractivity contribution in [1.82, 2.24) is 25.5 Å². The van der Waals surface area contributed by atoms with Gasteiger partial charge in [0.2, 0.25) is 0 Å². The number of ether oxygens (including phenoxy) is 1. The number of rotatable bonds is 8. The fourth-order valence-electron chi connectivity index (χ4n) is 2.63. The Balaban J connectivity index is 0.000000518. The molecule has 5 N–H and O–H groups in total. The van der Waals surface area contributed by atoms with Gasteiger partial charge in [-0.05, 0) is 45.1 Å². The number of H-pyrrole nitrogens is 2. The van der Waals surface area contributed by atoms with Crippen molar-refractivity contribution in [2.24, 2.45) is 5.73 Å². The monoisotopic (exact) mass is 468 g/mol. The van der Waals surface area contributed by atoms with Crippen LogP contribution in [0.25, 0.3) is 23.5 Å². The SMILES string of the molecule is C#C.C=Cc1[nH]nc(-c2cnc[nH]2)c1/C=C/CN.CCCCNC.COc1cccc(F)c1C. The quantitative estimate of drug-likeness (QED) is 0.280. The van der Waals surface area contributed by atoms with Crippen LogP contribution in [0.5, 0.6) is 5.75 Å². The Labute approximate surface area is 202 Å². The number of hydrogen-bond donors (Lipinski definition) is 4. The fourth-order valence-corrected chi connectivity index (χ4v) is 2.63. The van der Waals surface area contributed by atoms with Crippen LogP contribution in [0.4, 0.5) is 4.39 Å². The largest absolute Gasteiger partial charge is 0.496 e. The van der Waals surface area contributed by atoms with E-state index in [0.29, 0.717) is 17.9 Å². The third kappa shape index (κ3) is 10.3. The summed E-state index contributed by atoms with van der Waals surface area (Å²) in [6, 6.07) is 4.78. The third-order valence-electron chi connectivity index (χ3n) is 4.43. The zero-order chi connectivity index (χ0) is 25.8. The molecule has 7 nitrogen and oxygen atoms in total. The van der Waals surface area contributed by atoms with Gasteiger partial charge >= 0.3 is 0 Å². The average molecular weight is 469 g/mol. The van der Waals surface area contributed by atoms with Crippen molar-refractivity contribution in [3.8, 4) is 30.0 Å². The number of hydrogen-bond acceptors (Lipinski definition) is 5. The van der Waals surface area contributed by atoms with E-state index in [1.165, 1.54) is 26.0 Å². The zero-order valence-corrected chi connectivity index (χ0v) is 20.6. The van der Waals surface area contributed by atoms with Crippen LogP contribution in [-0.4, -0.2) is 47.4 Å². The molecule has 0 saturated carbocycles. The Kier molecular flexibility index (Phi) is 16.8. The minimum atomic E-state index is -0.223. The predicted molar refractivity (Wildman–Crippen MR) is 141 cm³/mol. The second-order valence-corrected chi connectivity index (χ2v) is 6.73. The van der Waals surface area contributed by atoms with Crippen molar-refractivity contribution in [2.75, 3.05) is 27.2 Å². The van der Waals surface area contributed by atoms with Crippen LogP contribution in [0, 0.1) is 25.6 Å². The summed E-state index contributed by atoms with van der Waals surface area (Å²) in [7, 11) is 3.51. The summed E-state index contributed by atoms with van der Waals surface area (Å²) in [5.41, 5.74) is 9.51. The summed E-state index contributed by atoms with van der Waals surface area (Å²) in [5, 5.41) is 10.2. The molecule has 0 spiro atoms. The Morgan fingerprint density at radius 3 is 2.53 bits per heavy atom. The molecule has 1 aromatic carbocycles. The third-order valence-corrected chi connectivity index (χ3v) is 4.43. The maximum atomic E-state index is 12.7. The lowest BCUT2D eigenvalue weighted by molar-refractivity contribution is 0.407. The Bertz CT molecular complexity index is 973. The molecule has 8 heteroatoms. The highest BCUT2D eigenvalue weighted by molar-refractivity contribution is 5.75. The molecule has 0 saturated heterocycles. The summed E-state index contributed by atoms with van der Waals surface area (Å²) < 4.78 is 17.6. The molecule has 2 heterocycles. The highest BCUT2D eigenvalue weighted by Gasteiger charge is 2.11. The molecule has 0 radical (unpaired) electrons. The van der Waals surface area contributed by atoms with Crippen molar-refractivity contribution in [3.05, 3.63) is 66.0 Å². The van der Waals surface area contributed by atoms with E-state index in [1.54, 1.807) is 37.7 Å². The number of benzene rings is 1. The van der Waals surface area contributed by atoms with E-state index in [4.69, 9.17) is 10.5 Å². The van der Waals surface area contributed by atoms with Gasteiger partial charge in [0.05, 0.1) is 31.0 Å². The molecule has 3 aromatic rings. The molecular weight excluding hydrogens is 431 g/mol. The lowest BCUT2D eigenvalue weighted by Gasteiger charge is -2.02. The molecule has 0 amide bonds. The molecule has 0 aliphatic heterocycles. The van der Waals surface area contributed by atoms with Crippen LogP contribution >= 0.6 is 0 Å². The highest BCUT2D eigenvalue weighted by atomic mass is 19.1. The van der Waals surface area contributed by atoms with Crippen molar-refractivity contribution in [2.45, 2.75) is 26.7 Å². The standard InChI is InChI=1S/C11H13N5.C8H9FO.C5H13N.C2H2/c1-2-9-8(4-3-5-12)11(16-15-9)10-6-13-7-14-10;1-6-7(9)4-3-5-8(6)10-2;1-3-4-5-6-2;1-2/h2-4,6-7H,1,5,12H2,(H,13,14)(H,15,16);3-5H,1-2H3;6H,3-5H2,1-2H3;1-2H/b4-3+;;;. The van der Waals surface area contributed by atoms with Gasteiger partial charge in [0.1, 0.15) is 17.3 Å².